The average molecular weight is 534 g/mol. The monoisotopic (exact) mass is 533 g/mol. The second kappa shape index (κ2) is 17.1. The van der Waals surface area contributed by atoms with Gasteiger partial charge in [0.2, 0.25) is 11.8 Å². The van der Waals surface area contributed by atoms with Crippen molar-refractivity contribution in [3.05, 3.63) is 48.0 Å². The number of esters is 1. The molecule has 0 saturated heterocycles. The van der Waals surface area contributed by atoms with Crippen molar-refractivity contribution in [3.8, 4) is 0 Å². The first-order valence-electron chi connectivity index (χ1n) is 12.8. The number of hydrogen-bond acceptors (Lipinski definition) is 8. The fourth-order valence-electron chi connectivity index (χ4n) is 3.60. The number of carbonyl (C=O) groups is 4. The normalized spacial score (nSPS) is 20.5. The van der Waals surface area contributed by atoms with Gasteiger partial charge < -0.3 is 35.3 Å². The predicted molar refractivity (Wildman–Crippen MR) is 139 cm³/mol. The van der Waals surface area contributed by atoms with Gasteiger partial charge in [0, 0.05) is 13.0 Å². The van der Waals surface area contributed by atoms with E-state index < -0.39 is 30.1 Å². The third kappa shape index (κ3) is 11.7. The highest BCUT2D eigenvalue weighted by Gasteiger charge is 2.28. The molecule has 210 valence electrons. The molecule has 1 aromatic carbocycles. The van der Waals surface area contributed by atoms with Crippen LogP contribution in [0.5, 0.6) is 0 Å². The predicted octanol–water partition coefficient (Wildman–Crippen LogP) is 1.45. The van der Waals surface area contributed by atoms with E-state index in [4.69, 9.17) is 19.3 Å². The molecular weight excluding hydrogens is 494 g/mol. The van der Waals surface area contributed by atoms with Gasteiger partial charge in [0.25, 0.3) is 0 Å². The molecule has 38 heavy (non-hydrogen) atoms. The second-order valence-electron chi connectivity index (χ2n) is 9.28. The Hall–Kier alpha value is -3.44. The van der Waals surface area contributed by atoms with Crippen LogP contribution in [-0.4, -0.2) is 74.0 Å². The number of ether oxygens (including phenoxy) is 3. The zero-order chi connectivity index (χ0) is 27.8. The van der Waals surface area contributed by atoms with Crippen molar-refractivity contribution < 1.29 is 38.5 Å². The lowest BCUT2D eigenvalue weighted by atomic mass is 9.96. The Morgan fingerprint density at radius 3 is 2.58 bits per heavy atom. The lowest BCUT2D eigenvalue weighted by Gasteiger charge is -2.26. The lowest BCUT2D eigenvalue weighted by Crippen LogP contribution is -2.48. The van der Waals surface area contributed by atoms with Crippen LogP contribution >= 0.6 is 0 Å². The number of aliphatic hydroxyl groups is 1. The van der Waals surface area contributed by atoms with Crippen molar-refractivity contribution in [2.45, 2.75) is 51.8 Å². The Morgan fingerprint density at radius 1 is 1.13 bits per heavy atom. The minimum absolute atomic E-state index is 0.0335. The van der Waals surface area contributed by atoms with E-state index in [1.807, 2.05) is 44.2 Å². The fourth-order valence-corrected chi connectivity index (χ4v) is 3.60. The van der Waals surface area contributed by atoms with Gasteiger partial charge in [-0.15, -0.1) is 0 Å². The van der Waals surface area contributed by atoms with Crippen LogP contribution < -0.4 is 16.0 Å². The minimum atomic E-state index is -0.974. The molecule has 0 spiro atoms. The summed E-state index contributed by atoms with van der Waals surface area (Å²) in [5.41, 5.74) is 0.812. The number of cyclic esters (lactones) is 1. The van der Waals surface area contributed by atoms with E-state index in [0.29, 0.717) is 0 Å². The molecule has 0 aliphatic carbocycles. The lowest BCUT2D eigenvalue weighted by molar-refractivity contribution is -0.148. The van der Waals surface area contributed by atoms with E-state index >= 15 is 0 Å². The van der Waals surface area contributed by atoms with Crippen molar-refractivity contribution in [3.63, 3.8) is 0 Å². The molecule has 11 nitrogen and oxygen atoms in total. The smallest absolute Gasteiger partial charge is 0.408 e. The maximum absolute atomic E-state index is 13.0. The molecule has 11 heteroatoms. The van der Waals surface area contributed by atoms with E-state index in [2.05, 4.69) is 16.0 Å². The van der Waals surface area contributed by atoms with Gasteiger partial charge in [-0.05, 0) is 24.3 Å². The van der Waals surface area contributed by atoms with Crippen molar-refractivity contribution in [1.29, 1.82) is 0 Å². The summed E-state index contributed by atoms with van der Waals surface area (Å²) in [6.07, 6.45) is 3.01. The third-order valence-electron chi connectivity index (χ3n) is 5.89. The number of carbonyl (C=O) groups excluding carboxylic acids is 4. The van der Waals surface area contributed by atoms with E-state index in [9.17, 15) is 19.2 Å². The number of hydrogen-bond donors (Lipinski definition) is 4. The quantitative estimate of drug-likeness (QED) is 0.189. The molecule has 0 saturated carbocycles. The van der Waals surface area contributed by atoms with E-state index in [0.717, 1.165) is 5.56 Å². The molecule has 1 heterocycles. The van der Waals surface area contributed by atoms with Gasteiger partial charge >= 0.3 is 12.1 Å². The van der Waals surface area contributed by atoms with E-state index in [1.165, 1.54) is 0 Å². The standard InChI is InChI=1S/C27H39N3O8/c1-19(2)23-18-37-26(34)22(30-27(35)38-17-20-8-4-3-5-9-20)11-7-6-10-21(25(33)29-23)16-24(32)28-12-14-36-15-13-31/h3-9,19,21-23,31H,10-18H2,1-2H3,(H,28,32)(H,29,33)(H,30,35). The number of benzene rings is 1. The molecule has 0 fully saturated rings. The summed E-state index contributed by atoms with van der Waals surface area (Å²) >= 11 is 0. The minimum Gasteiger partial charge on any atom is -0.462 e. The number of rotatable bonds is 11. The van der Waals surface area contributed by atoms with Crippen molar-refractivity contribution in [2.24, 2.45) is 11.8 Å². The van der Waals surface area contributed by atoms with E-state index in [1.54, 1.807) is 12.2 Å². The number of nitrogens with one attached hydrogen (secondary N) is 3. The molecule has 3 amide bonds. The Balaban J connectivity index is 2.02. The number of amides is 3. The van der Waals surface area contributed by atoms with E-state index in [-0.39, 0.29) is 76.6 Å². The van der Waals surface area contributed by atoms with Gasteiger partial charge in [0.15, 0.2) is 0 Å². The summed E-state index contributed by atoms with van der Waals surface area (Å²) in [5.74, 6) is -1.93. The molecule has 3 atom stereocenters. The molecule has 0 bridgehead atoms. The highest BCUT2D eigenvalue weighted by Crippen LogP contribution is 2.15. The van der Waals surface area contributed by atoms with Gasteiger partial charge in [-0.2, -0.15) is 0 Å². The topological polar surface area (TPSA) is 152 Å². The summed E-state index contributed by atoms with van der Waals surface area (Å²) in [5, 5.41) is 16.9. The van der Waals surface area contributed by atoms with Crippen molar-refractivity contribution in [1.82, 2.24) is 16.0 Å². The summed E-state index contributed by atoms with van der Waals surface area (Å²) < 4.78 is 15.8. The molecular formula is C27H39N3O8. The molecule has 1 aliphatic rings. The van der Waals surface area contributed by atoms with Crippen LogP contribution in [-0.2, 0) is 35.2 Å². The molecule has 0 radical (unpaired) electrons. The second-order valence-corrected chi connectivity index (χ2v) is 9.28. The van der Waals surface area contributed by atoms with Crippen LogP contribution in [0.3, 0.4) is 0 Å². The summed E-state index contributed by atoms with van der Waals surface area (Å²) in [4.78, 5) is 50.5. The SMILES string of the molecule is CC(C)C1COC(=O)C(NC(=O)OCc2ccccc2)CC=CCC(CC(=O)NCCOCCO)C(=O)N1. The van der Waals surface area contributed by atoms with Crippen LogP contribution in [0.4, 0.5) is 4.79 Å². The summed E-state index contributed by atoms with van der Waals surface area (Å²) in [7, 11) is 0. The Morgan fingerprint density at radius 2 is 1.87 bits per heavy atom. The molecule has 1 aliphatic heterocycles. The molecule has 2 rings (SSSR count). The fraction of sp³-hybridized carbons (Fsp3) is 0.556. The van der Waals surface area contributed by atoms with Crippen LogP contribution in [0.1, 0.15) is 38.7 Å². The van der Waals surface area contributed by atoms with Gasteiger partial charge in [-0.25, -0.2) is 9.59 Å². The molecule has 3 unspecified atom stereocenters. The Labute approximate surface area is 223 Å². The van der Waals surface area contributed by atoms with Gasteiger partial charge in [-0.3, -0.25) is 9.59 Å². The molecule has 1 aromatic rings. The van der Waals surface area contributed by atoms with Crippen LogP contribution in [0.25, 0.3) is 0 Å². The number of allylic oxidation sites excluding steroid dienone is 1. The van der Waals surface area contributed by atoms with Gasteiger partial charge in [0.1, 0.15) is 19.3 Å². The Kier molecular flexibility index (Phi) is 13.9. The zero-order valence-electron chi connectivity index (χ0n) is 22.0. The highest BCUT2D eigenvalue weighted by molar-refractivity contribution is 5.86. The third-order valence-corrected chi connectivity index (χ3v) is 5.89. The maximum atomic E-state index is 13.0. The first kappa shape index (κ1) is 30.8. The van der Waals surface area contributed by atoms with Gasteiger partial charge in [0.05, 0.1) is 31.8 Å². The average Bonchev–Trinajstić information content (AvgIpc) is 2.90. The molecule has 0 aromatic heterocycles. The maximum Gasteiger partial charge on any atom is 0.408 e. The van der Waals surface area contributed by atoms with Crippen molar-refractivity contribution >= 4 is 23.9 Å². The first-order valence-corrected chi connectivity index (χ1v) is 12.8. The highest BCUT2D eigenvalue weighted by atomic mass is 16.6. The molecule has 4 N–H and O–H groups in total. The van der Waals surface area contributed by atoms with Crippen LogP contribution in [0, 0.1) is 11.8 Å². The van der Waals surface area contributed by atoms with Gasteiger partial charge in [-0.1, -0.05) is 56.3 Å². The number of aliphatic hydroxyl groups excluding tert-OH is 1. The summed E-state index contributed by atoms with van der Waals surface area (Å²) in [6.45, 7) is 4.36. The number of alkyl carbamates (subject to hydrolysis) is 1. The Bertz CT molecular complexity index is 922. The van der Waals surface area contributed by atoms with Crippen LogP contribution in [0.15, 0.2) is 42.5 Å². The van der Waals surface area contributed by atoms with Crippen molar-refractivity contribution in [2.75, 3.05) is 33.0 Å². The zero-order valence-corrected chi connectivity index (χ0v) is 22.0. The first-order chi connectivity index (χ1) is 18.3. The van der Waals surface area contributed by atoms with Crippen LogP contribution in [0.2, 0.25) is 0 Å². The largest absolute Gasteiger partial charge is 0.462 e. The summed E-state index contributed by atoms with van der Waals surface area (Å²) in [6, 6.07) is 7.72.